The van der Waals surface area contributed by atoms with Crippen molar-refractivity contribution in [2.24, 2.45) is 11.7 Å². The van der Waals surface area contributed by atoms with Gasteiger partial charge < -0.3 is 15.2 Å². The second kappa shape index (κ2) is 9.61. The number of hydrogen-bond donors (Lipinski definition) is 1. The second-order valence-electron chi connectivity index (χ2n) is 4.96. The van der Waals surface area contributed by atoms with Crippen LogP contribution in [0.4, 0.5) is 0 Å². The zero-order chi connectivity index (χ0) is 14.8. The minimum Gasteiger partial charge on any atom is -0.490 e. The van der Waals surface area contributed by atoms with Crippen molar-refractivity contribution in [2.75, 3.05) is 39.4 Å². The molecule has 1 atom stereocenters. The smallest absolute Gasteiger partial charge is 0.161 e. The van der Waals surface area contributed by atoms with Crippen LogP contribution >= 0.6 is 0 Å². The van der Waals surface area contributed by atoms with Crippen molar-refractivity contribution in [3.63, 3.8) is 0 Å². The molecule has 0 radical (unpaired) electrons. The highest BCUT2D eigenvalue weighted by atomic mass is 16.5. The molecule has 0 saturated carbocycles. The minimum atomic E-state index is 0.519. The van der Waals surface area contributed by atoms with E-state index < -0.39 is 0 Å². The molecular weight excluding hydrogens is 252 g/mol. The number of likely N-dealkylation sites (N-methyl/N-ethyl adjacent to an activating group) is 1. The van der Waals surface area contributed by atoms with Crippen LogP contribution in [0.3, 0.4) is 0 Å². The largest absolute Gasteiger partial charge is 0.490 e. The molecule has 20 heavy (non-hydrogen) atoms. The maximum Gasteiger partial charge on any atom is 0.161 e. The number of ether oxygens (including phenoxy) is 2. The van der Waals surface area contributed by atoms with E-state index in [1.165, 1.54) is 0 Å². The number of hydrogen-bond acceptors (Lipinski definition) is 4. The third-order valence-corrected chi connectivity index (χ3v) is 3.23. The van der Waals surface area contributed by atoms with Crippen LogP contribution in [-0.4, -0.2) is 44.3 Å². The number of nitrogens with two attached hydrogens (primary N) is 1. The Labute approximate surface area is 122 Å². The predicted molar refractivity (Wildman–Crippen MR) is 83.4 cm³/mol. The lowest BCUT2D eigenvalue weighted by atomic mass is 10.2. The van der Waals surface area contributed by atoms with Gasteiger partial charge in [-0.1, -0.05) is 26.0 Å². The number of nitrogens with zero attached hydrogens (tertiary/aromatic N) is 1. The predicted octanol–water partition coefficient (Wildman–Crippen LogP) is 2.38. The van der Waals surface area contributed by atoms with E-state index in [0.717, 1.165) is 37.7 Å². The van der Waals surface area contributed by atoms with E-state index in [-0.39, 0.29) is 0 Å². The van der Waals surface area contributed by atoms with Crippen molar-refractivity contribution in [2.45, 2.75) is 20.8 Å². The van der Waals surface area contributed by atoms with E-state index in [9.17, 15) is 0 Å². The average molecular weight is 280 g/mol. The molecule has 1 aromatic carbocycles. The van der Waals surface area contributed by atoms with Gasteiger partial charge in [-0.05, 0) is 38.1 Å². The van der Waals surface area contributed by atoms with Crippen molar-refractivity contribution in [1.29, 1.82) is 0 Å². The van der Waals surface area contributed by atoms with Crippen LogP contribution in [0.25, 0.3) is 0 Å². The lowest BCUT2D eigenvalue weighted by Crippen LogP contribution is -2.34. The van der Waals surface area contributed by atoms with Gasteiger partial charge in [0.1, 0.15) is 6.61 Å². The van der Waals surface area contributed by atoms with Gasteiger partial charge in [-0.2, -0.15) is 0 Å². The van der Waals surface area contributed by atoms with Crippen molar-refractivity contribution >= 4 is 0 Å². The zero-order valence-corrected chi connectivity index (χ0v) is 13.0. The van der Waals surface area contributed by atoms with Crippen LogP contribution in [0.2, 0.25) is 0 Å². The molecule has 0 aliphatic carbocycles. The topological polar surface area (TPSA) is 47.7 Å². The van der Waals surface area contributed by atoms with Crippen LogP contribution < -0.4 is 15.2 Å². The standard InChI is InChI=1S/C16H28N2O2/c1-4-18(13-14(3)12-17)10-11-20-16-9-7-6-8-15(16)19-5-2/h6-9,14H,4-5,10-13,17H2,1-3H3. The summed E-state index contributed by atoms with van der Waals surface area (Å²) in [7, 11) is 0. The van der Waals surface area contributed by atoms with Crippen LogP contribution in [-0.2, 0) is 0 Å². The normalized spacial score (nSPS) is 12.4. The van der Waals surface area contributed by atoms with Gasteiger partial charge in [0, 0.05) is 13.1 Å². The van der Waals surface area contributed by atoms with E-state index >= 15 is 0 Å². The first kappa shape index (κ1) is 16.8. The molecule has 0 spiro atoms. The van der Waals surface area contributed by atoms with Gasteiger partial charge >= 0.3 is 0 Å². The summed E-state index contributed by atoms with van der Waals surface area (Å²) in [5, 5.41) is 0. The molecule has 1 aromatic rings. The van der Waals surface area contributed by atoms with E-state index in [1.54, 1.807) is 0 Å². The average Bonchev–Trinajstić information content (AvgIpc) is 2.48. The van der Waals surface area contributed by atoms with Crippen molar-refractivity contribution in [3.8, 4) is 11.5 Å². The molecule has 2 N–H and O–H groups in total. The van der Waals surface area contributed by atoms with Gasteiger partial charge in [0.05, 0.1) is 6.61 Å². The third kappa shape index (κ3) is 5.80. The molecule has 4 heteroatoms. The van der Waals surface area contributed by atoms with Crippen LogP contribution in [0.15, 0.2) is 24.3 Å². The Morgan fingerprint density at radius 3 is 2.35 bits per heavy atom. The molecule has 1 unspecified atom stereocenters. The van der Waals surface area contributed by atoms with Gasteiger partial charge in [-0.3, -0.25) is 4.90 Å². The fourth-order valence-corrected chi connectivity index (χ4v) is 2.02. The highest BCUT2D eigenvalue weighted by Crippen LogP contribution is 2.26. The SMILES string of the molecule is CCOc1ccccc1OCCN(CC)CC(C)CN. The van der Waals surface area contributed by atoms with Gasteiger partial charge in [0.2, 0.25) is 0 Å². The summed E-state index contributed by atoms with van der Waals surface area (Å²) in [5.41, 5.74) is 5.67. The molecular formula is C16H28N2O2. The van der Waals surface area contributed by atoms with E-state index in [0.29, 0.717) is 19.1 Å². The Balaban J connectivity index is 2.42. The molecule has 0 aliphatic rings. The van der Waals surface area contributed by atoms with Gasteiger partial charge in [0.25, 0.3) is 0 Å². The summed E-state index contributed by atoms with van der Waals surface area (Å²) in [6.45, 7) is 11.3. The summed E-state index contributed by atoms with van der Waals surface area (Å²) in [5.74, 6) is 2.15. The maximum atomic E-state index is 5.84. The molecule has 114 valence electrons. The number of para-hydroxylation sites is 2. The third-order valence-electron chi connectivity index (χ3n) is 3.23. The fourth-order valence-electron chi connectivity index (χ4n) is 2.02. The Kier molecular flexibility index (Phi) is 8.07. The Morgan fingerprint density at radius 1 is 1.15 bits per heavy atom. The zero-order valence-electron chi connectivity index (χ0n) is 13.0. The Bertz CT molecular complexity index is 371. The first-order chi connectivity index (χ1) is 9.71. The lowest BCUT2D eigenvalue weighted by molar-refractivity contribution is 0.192. The molecule has 0 bridgehead atoms. The Morgan fingerprint density at radius 2 is 1.80 bits per heavy atom. The van der Waals surface area contributed by atoms with E-state index in [2.05, 4.69) is 18.7 Å². The van der Waals surface area contributed by atoms with Crippen LogP contribution in [0, 0.1) is 5.92 Å². The molecule has 0 heterocycles. The van der Waals surface area contributed by atoms with Crippen molar-refractivity contribution in [3.05, 3.63) is 24.3 Å². The molecule has 0 fully saturated rings. The number of benzene rings is 1. The van der Waals surface area contributed by atoms with Crippen molar-refractivity contribution < 1.29 is 9.47 Å². The molecule has 4 nitrogen and oxygen atoms in total. The minimum absolute atomic E-state index is 0.519. The molecule has 1 rings (SSSR count). The summed E-state index contributed by atoms with van der Waals surface area (Å²) in [4.78, 5) is 2.36. The molecule has 0 amide bonds. The first-order valence-corrected chi connectivity index (χ1v) is 7.48. The van der Waals surface area contributed by atoms with Crippen molar-refractivity contribution in [1.82, 2.24) is 4.90 Å². The lowest BCUT2D eigenvalue weighted by Gasteiger charge is -2.23. The van der Waals surface area contributed by atoms with Crippen LogP contribution in [0.5, 0.6) is 11.5 Å². The number of rotatable bonds is 10. The fraction of sp³-hybridized carbons (Fsp3) is 0.625. The summed E-state index contributed by atoms with van der Waals surface area (Å²) in [6, 6.07) is 7.81. The second-order valence-corrected chi connectivity index (χ2v) is 4.96. The van der Waals surface area contributed by atoms with E-state index in [1.807, 2.05) is 31.2 Å². The van der Waals surface area contributed by atoms with Gasteiger partial charge in [-0.15, -0.1) is 0 Å². The Hall–Kier alpha value is -1.26. The summed E-state index contributed by atoms with van der Waals surface area (Å²) in [6.07, 6.45) is 0. The highest BCUT2D eigenvalue weighted by molar-refractivity contribution is 5.39. The van der Waals surface area contributed by atoms with E-state index in [4.69, 9.17) is 15.2 Å². The first-order valence-electron chi connectivity index (χ1n) is 7.48. The van der Waals surface area contributed by atoms with Gasteiger partial charge in [-0.25, -0.2) is 0 Å². The molecule has 0 aromatic heterocycles. The molecule has 0 aliphatic heterocycles. The summed E-state index contributed by atoms with van der Waals surface area (Å²) >= 11 is 0. The molecule has 0 saturated heterocycles. The summed E-state index contributed by atoms with van der Waals surface area (Å²) < 4.78 is 11.4. The monoisotopic (exact) mass is 280 g/mol. The van der Waals surface area contributed by atoms with Crippen LogP contribution in [0.1, 0.15) is 20.8 Å². The highest BCUT2D eigenvalue weighted by Gasteiger charge is 2.08. The quantitative estimate of drug-likeness (QED) is 0.715. The maximum absolute atomic E-state index is 5.84. The van der Waals surface area contributed by atoms with Gasteiger partial charge in [0.15, 0.2) is 11.5 Å².